The van der Waals surface area contributed by atoms with Crippen LogP contribution in [-0.4, -0.2) is 175 Å². The molecule has 1 aromatic carbocycles. The van der Waals surface area contributed by atoms with Crippen molar-refractivity contribution in [2.45, 2.75) is 200 Å². The molecule has 0 radical (unpaired) electrons. The zero-order chi connectivity index (χ0) is 66.4. The average molecular weight is 1280 g/mol. The quantitative estimate of drug-likeness (QED) is 0.0351. The van der Waals surface area contributed by atoms with Gasteiger partial charge in [-0.15, -0.1) is 11.3 Å². The van der Waals surface area contributed by atoms with Crippen molar-refractivity contribution in [2.24, 2.45) is 53.1 Å². The number of piperidine rings is 1. The maximum atomic E-state index is 14.6. The number of hydrogen-bond acceptors (Lipinski definition) is 16. The van der Waals surface area contributed by atoms with E-state index in [1.165, 1.54) is 18.3 Å². The molecular weight excluding hydrogens is 1170 g/mol. The fraction of sp³-hybridized carbons (Fsp3) is 0.712. The number of likely N-dealkylation sites (N-methyl/N-ethyl adjacent to an activating group) is 1. The number of nitrogens with one attached hydrogen (secondary N) is 5. The third kappa shape index (κ3) is 22.0. The van der Waals surface area contributed by atoms with Gasteiger partial charge in [0.2, 0.25) is 29.5 Å². The number of primary amides is 1. The van der Waals surface area contributed by atoms with E-state index in [0.29, 0.717) is 43.5 Å². The standard InChI is InChI=1S/C66H103N9O14S/c1-12-40(6)60(74(9)64(83)49(38(2)3)36-53(78)59-44-19-22-48(33-44)71-59)54(87-10)37-57(81)75-27-14-16-50(75)61(88-11)42(8)51(76)35-46(63-69-26-30-90-63)32-43-17-20-47(21-18-43)72-62(82)45(15-13-24-70-66(67)86)34-52(77)58(39(4)5)73-55(79)23-28-89-29-25-68-56(80)31-41(7)65(84)85/h17-18,20-21,26,30,38-42,44-46,48-50,54,58-61,71H,12-16,19,22-25,27-29,31-37H2,1-11H3,(H,68,80)(H,72,82)(H,73,79)(H,84,85)(H3,67,70,86)/t40-,41?,42-,44-,45+,46+,48-,49-,50-,54+,58-,59-,60-,61+/m0/s1. The number of Topliss-reactive ketones (excluding diaryl/α,β-unsaturated/α-hetero) is 3. The van der Waals surface area contributed by atoms with E-state index in [4.69, 9.17) is 25.1 Å². The van der Waals surface area contributed by atoms with Crippen LogP contribution in [0.3, 0.4) is 0 Å². The molecule has 24 heteroatoms. The van der Waals surface area contributed by atoms with Crippen molar-refractivity contribution in [3.63, 3.8) is 0 Å². The number of aromatic nitrogens is 1. The van der Waals surface area contributed by atoms with Crippen LogP contribution in [0.5, 0.6) is 0 Å². The normalized spacial score (nSPS) is 20.4. The summed E-state index contributed by atoms with van der Waals surface area (Å²) in [6.07, 6.45) is 6.51. The smallest absolute Gasteiger partial charge is 0.312 e. The number of anilines is 1. The molecule has 0 spiro atoms. The van der Waals surface area contributed by atoms with Gasteiger partial charge in [-0.1, -0.05) is 73.9 Å². The molecule has 7 amide bonds. The Kier molecular flexibility index (Phi) is 30.4. The maximum Gasteiger partial charge on any atom is 0.312 e. The van der Waals surface area contributed by atoms with Crippen LogP contribution in [0.25, 0.3) is 0 Å². The number of benzene rings is 1. The van der Waals surface area contributed by atoms with Crippen LogP contribution in [0.15, 0.2) is 35.8 Å². The number of carboxylic acids is 1. The van der Waals surface area contributed by atoms with Gasteiger partial charge in [-0.25, -0.2) is 9.78 Å². The number of thiazole rings is 1. The van der Waals surface area contributed by atoms with Gasteiger partial charge in [0.05, 0.1) is 66.9 Å². The summed E-state index contributed by atoms with van der Waals surface area (Å²) in [7, 11) is 4.93. The van der Waals surface area contributed by atoms with E-state index in [2.05, 4.69) is 45.4 Å². The van der Waals surface area contributed by atoms with Crippen LogP contribution in [0.2, 0.25) is 0 Å². The second-order valence-electron chi connectivity index (χ2n) is 25.9. The van der Waals surface area contributed by atoms with Crippen molar-refractivity contribution in [3.05, 3.63) is 46.4 Å². The fourth-order valence-corrected chi connectivity index (χ4v) is 14.0. The second-order valence-corrected chi connectivity index (χ2v) is 26.8. The highest BCUT2D eigenvalue weighted by molar-refractivity contribution is 7.09. The van der Waals surface area contributed by atoms with Crippen molar-refractivity contribution in [1.29, 1.82) is 0 Å². The highest BCUT2D eigenvalue weighted by Gasteiger charge is 2.46. The van der Waals surface area contributed by atoms with Gasteiger partial charge in [0.15, 0.2) is 11.6 Å². The van der Waals surface area contributed by atoms with Crippen LogP contribution in [0, 0.1) is 47.3 Å². The second kappa shape index (κ2) is 36.7. The number of carboxylic acid groups (broad SMARTS) is 1. The number of methoxy groups -OCH3 is 2. The predicted molar refractivity (Wildman–Crippen MR) is 342 cm³/mol. The Morgan fingerprint density at radius 3 is 2.16 bits per heavy atom. The molecule has 1 aliphatic carbocycles. The van der Waals surface area contributed by atoms with Gasteiger partial charge >= 0.3 is 12.0 Å². The number of aliphatic carboxylic acids is 1. The monoisotopic (exact) mass is 1280 g/mol. The number of ketones is 3. The average Bonchev–Trinajstić information content (AvgIpc) is 2.59. The first-order valence-corrected chi connectivity index (χ1v) is 33.3. The molecule has 1 aromatic heterocycles. The molecule has 2 bridgehead atoms. The number of hydrogen-bond donors (Lipinski definition) is 7. The Bertz CT molecular complexity index is 2700. The summed E-state index contributed by atoms with van der Waals surface area (Å²) < 4.78 is 17.8. The minimum Gasteiger partial charge on any atom is -0.481 e. The molecule has 14 atom stereocenters. The van der Waals surface area contributed by atoms with E-state index in [9.17, 15) is 47.9 Å². The Labute approximate surface area is 535 Å². The number of urea groups is 1. The molecule has 3 aliphatic rings. The number of ether oxygens (including phenoxy) is 3. The van der Waals surface area contributed by atoms with Crippen LogP contribution in [0.4, 0.5) is 10.5 Å². The summed E-state index contributed by atoms with van der Waals surface area (Å²) >= 11 is 1.45. The Morgan fingerprint density at radius 1 is 0.844 bits per heavy atom. The highest BCUT2D eigenvalue weighted by atomic mass is 32.1. The van der Waals surface area contributed by atoms with Crippen molar-refractivity contribution in [1.82, 2.24) is 36.1 Å². The molecule has 3 fully saturated rings. The molecule has 23 nitrogen and oxygen atoms in total. The van der Waals surface area contributed by atoms with Gasteiger partial charge < -0.3 is 61.4 Å². The molecule has 90 heavy (non-hydrogen) atoms. The third-order valence-corrected chi connectivity index (χ3v) is 19.6. The summed E-state index contributed by atoms with van der Waals surface area (Å²) in [4.78, 5) is 141. The molecule has 5 rings (SSSR count). The van der Waals surface area contributed by atoms with Crippen LogP contribution in [0.1, 0.15) is 162 Å². The topological polar surface area (TPSA) is 324 Å². The number of rotatable bonds is 41. The van der Waals surface area contributed by atoms with Crippen molar-refractivity contribution in [2.75, 3.05) is 59.4 Å². The summed E-state index contributed by atoms with van der Waals surface area (Å²) in [5.74, 6) is -6.19. The number of carbonyl (C=O) groups excluding carboxylic acids is 9. The van der Waals surface area contributed by atoms with E-state index in [0.717, 1.165) is 42.7 Å². The van der Waals surface area contributed by atoms with Gasteiger partial charge in [0.25, 0.3) is 0 Å². The molecule has 8 N–H and O–H groups in total. The molecule has 502 valence electrons. The molecule has 3 heterocycles. The Balaban J connectivity index is 1.20. The number of fused-ring (bicyclic) bond motifs is 2. The summed E-state index contributed by atoms with van der Waals surface area (Å²) in [6.45, 7) is 15.8. The van der Waals surface area contributed by atoms with Gasteiger partial charge in [-0.05, 0) is 92.7 Å². The van der Waals surface area contributed by atoms with Gasteiger partial charge in [0.1, 0.15) is 5.78 Å². The van der Waals surface area contributed by atoms with E-state index < -0.39 is 77.7 Å². The number of nitrogens with zero attached hydrogens (tertiary/aromatic N) is 3. The number of likely N-dealkylation sites (tertiary alicyclic amines) is 1. The lowest BCUT2D eigenvalue weighted by molar-refractivity contribution is -0.149. The first-order valence-electron chi connectivity index (χ1n) is 32.4. The molecule has 1 saturated carbocycles. The van der Waals surface area contributed by atoms with Crippen molar-refractivity contribution >= 4 is 75.9 Å². The third-order valence-electron chi connectivity index (χ3n) is 18.7. The van der Waals surface area contributed by atoms with E-state index >= 15 is 0 Å². The summed E-state index contributed by atoms with van der Waals surface area (Å²) in [6, 6.07) is 4.92. The predicted octanol–water partition coefficient (Wildman–Crippen LogP) is 6.46. The Morgan fingerprint density at radius 2 is 1.57 bits per heavy atom. The highest BCUT2D eigenvalue weighted by Crippen LogP contribution is 2.38. The van der Waals surface area contributed by atoms with Gasteiger partial charge in [0, 0.05) is 120 Å². The first kappa shape index (κ1) is 74.5. The molecule has 1 unspecified atom stereocenters. The SMILES string of the molecule is CC[C@H](C)[C@@H]([C@@H](CC(=O)N1CCC[C@H]1[C@H](OC)[C@@H](C)C(=O)C[C@@H](Cc1ccc(NC(=O)[C@H](CCCNC(N)=O)CC(=O)[C@@H](NC(=O)CCOCCNC(=O)CC(C)C(=O)O)C(C)C)cc1)c1nccs1)OC)N(C)C(=O)[C@@H](CC(=O)[C@H]1N[C@H]2CC[C@H]1C2)C(C)C. The van der Waals surface area contributed by atoms with Gasteiger partial charge in [-0.2, -0.15) is 0 Å². The van der Waals surface area contributed by atoms with Crippen LogP contribution >= 0.6 is 11.3 Å². The maximum absolute atomic E-state index is 14.6. The molecule has 2 aliphatic heterocycles. The molecule has 2 saturated heterocycles. The summed E-state index contributed by atoms with van der Waals surface area (Å²) in [5.41, 5.74) is 6.63. The van der Waals surface area contributed by atoms with Crippen molar-refractivity contribution < 1.29 is 67.3 Å². The van der Waals surface area contributed by atoms with E-state index in [-0.39, 0.29) is 136 Å². The lowest BCUT2D eigenvalue weighted by Crippen LogP contribution is -2.54. The minimum atomic E-state index is -1.08. The van der Waals surface area contributed by atoms with Gasteiger partial charge in [-0.3, -0.25) is 43.2 Å². The number of nitrogens with two attached hydrogens (primary N) is 1. The largest absolute Gasteiger partial charge is 0.481 e. The molecular formula is C66H103N9O14S. The minimum absolute atomic E-state index is 0.000979. The zero-order valence-corrected chi connectivity index (χ0v) is 55.7. The van der Waals surface area contributed by atoms with E-state index in [1.54, 1.807) is 58.3 Å². The van der Waals surface area contributed by atoms with Crippen LogP contribution in [-0.2, 0) is 63.8 Å². The number of carbonyl (C=O) groups is 10. The fourth-order valence-electron chi connectivity index (χ4n) is 13.2. The van der Waals surface area contributed by atoms with Crippen molar-refractivity contribution in [3.8, 4) is 0 Å². The molecule has 2 aromatic rings. The van der Waals surface area contributed by atoms with Crippen LogP contribution < -0.4 is 32.3 Å². The Hall–Kier alpha value is -6.21. The first-order chi connectivity index (χ1) is 42.8. The lowest BCUT2D eigenvalue weighted by Gasteiger charge is -2.41. The van der Waals surface area contributed by atoms with E-state index in [1.807, 2.05) is 43.2 Å². The zero-order valence-electron chi connectivity index (χ0n) is 54.9. The lowest BCUT2D eigenvalue weighted by atomic mass is 9.83. The number of amides is 7. The summed E-state index contributed by atoms with van der Waals surface area (Å²) in [5, 5.41) is 26.0.